The maximum absolute atomic E-state index is 5.39. The fraction of sp³-hybridized carbons (Fsp3) is 0.625. The Bertz CT molecular complexity index is 377. The lowest BCUT2D eigenvalue weighted by Crippen LogP contribution is -2.37. The molecule has 1 aliphatic rings. The molecule has 0 amide bonds. The third kappa shape index (κ3) is 4.75. The van der Waals surface area contributed by atoms with Gasteiger partial charge in [0.05, 0.1) is 8.07 Å². The van der Waals surface area contributed by atoms with Crippen LogP contribution in [0.3, 0.4) is 0 Å². The molecule has 1 fully saturated rings. The minimum Gasteiger partial charge on any atom is -0.381 e. The van der Waals surface area contributed by atoms with Crippen LogP contribution in [0.4, 0.5) is 0 Å². The van der Waals surface area contributed by atoms with Crippen molar-refractivity contribution in [3.63, 3.8) is 0 Å². The van der Waals surface area contributed by atoms with E-state index in [0.29, 0.717) is 0 Å². The van der Waals surface area contributed by atoms with Gasteiger partial charge < -0.3 is 10.1 Å². The summed E-state index contributed by atoms with van der Waals surface area (Å²) >= 11 is 0. The molecule has 1 heterocycles. The molecule has 2 nitrogen and oxygen atoms in total. The molecule has 0 spiro atoms. The van der Waals surface area contributed by atoms with Crippen molar-refractivity contribution in [2.75, 3.05) is 19.8 Å². The Labute approximate surface area is 118 Å². The van der Waals surface area contributed by atoms with Crippen LogP contribution in [-0.2, 0) is 11.3 Å². The van der Waals surface area contributed by atoms with Crippen molar-refractivity contribution in [3.8, 4) is 0 Å². The Morgan fingerprint density at radius 2 is 1.95 bits per heavy atom. The van der Waals surface area contributed by atoms with Crippen LogP contribution in [0.15, 0.2) is 24.3 Å². The van der Waals surface area contributed by atoms with Crippen LogP contribution >= 0.6 is 0 Å². The van der Waals surface area contributed by atoms with E-state index < -0.39 is 8.07 Å². The number of ether oxygens (including phenoxy) is 1. The second-order valence-electron chi connectivity index (χ2n) is 6.64. The van der Waals surface area contributed by atoms with E-state index in [2.05, 4.69) is 49.2 Å². The first-order valence-electron chi connectivity index (χ1n) is 7.43. The molecule has 1 aromatic rings. The van der Waals surface area contributed by atoms with Gasteiger partial charge in [-0.2, -0.15) is 0 Å². The van der Waals surface area contributed by atoms with Gasteiger partial charge in [0, 0.05) is 19.8 Å². The minimum atomic E-state index is -1.15. The maximum Gasteiger partial charge on any atom is 0.0775 e. The van der Waals surface area contributed by atoms with Crippen LogP contribution in [0.1, 0.15) is 18.4 Å². The molecule has 1 unspecified atom stereocenters. The highest BCUT2D eigenvalue weighted by atomic mass is 28.3. The molecule has 1 aromatic carbocycles. The number of nitrogens with one attached hydrogen (secondary N) is 1. The van der Waals surface area contributed by atoms with E-state index in [1.54, 1.807) is 5.19 Å². The molecular weight excluding hydrogens is 250 g/mol. The second-order valence-corrected chi connectivity index (χ2v) is 11.7. The van der Waals surface area contributed by atoms with Gasteiger partial charge in [-0.05, 0) is 30.9 Å². The smallest absolute Gasteiger partial charge is 0.0775 e. The summed E-state index contributed by atoms with van der Waals surface area (Å²) in [6.07, 6.45) is 2.49. The van der Waals surface area contributed by atoms with Gasteiger partial charge in [0.25, 0.3) is 0 Å². The second kappa shape index (κ2) is 6.68. The Morgan fingerprint density at radius 3 is 2.53 bits per heavy atom. The third-order valence-corrected chi connectivity index (χ3v) is 5.97. The molecule has 1 atom stereocenters. The lowest BCUT2D eigenvalue weighted by molar-refractivity contribution is 0.184. The highest BCUT2D eigenvalue weighted by molar-refractivity contribution is 6.88. The molecule has 0 radical (unpaired) electrons. The van der Waals surface area contributed by atoms with Gasteiger partial charge in [-0.15, -0.1) is 0 Å². The topological polar surface area (TPSA) is 21.3 Å². The monoisotopic (exact) mass is 277 g/mol. The van der Waals surface area contributed by atoms with Crippen LogP contribution < -0.4 is 10.5 Å². The van der Waals surface area contributed by atoms with E-state index in [0.717, 1.165) is 32.2 Å². The van der Waals surface area contributed by atoms with Gasteiger partial charge in [-0.3, -0.25) is 0 Å². The standard InChI is InChI=1S/C16H27NOSi/c1-19(2,3)16-6-4-14(5-7-16)12-17-10-8-15-9-11-18-13-15/h4-7,15,17H,8-13H2,1-3H3. The summed E-state index contributed by atoms with van der Waals surface area (Å²) < 4.78 is 5.39. The minimum absolute atomic E-state index is 0.779. The molecule has 106 valence electrons. The fourth-order valence-corrected chi connectivity index (χ4v) is 3.64. The molecule has 0 aromatic heterocycles. The highest BCUT2D eigenvalue weighted by Crippen LogP contribution is 2.15. The quantitative estimate of drug-likeness (QED) is 0.638. The van der Waals surface area contributed by atoms with E-state index in [9.17, 15) is 0 Å². The van der Waals surface area contributed by atoms with E-state index in [-0.39, 0.29) is 0 Å². The summed E-state index contributed by atoms with van der Waals surface area (Å²) in [7, 11) is -1.15. The van der Waals surface area contributed by atoms with Crippen molar-refractivity contribution < 1.29 is 4.74 Å². The van der Waals surface area contributed by atoms with Gasteiger partial charge >= 0.3 is 0 Å². The number of hydrogen-bond acceptors (Lipinski definition) is 2. The first-order chi connectivity index (χ1) is 9.05. The largest absolute Gasteiger partial charge is 0.381 e. The van der Waals surface area contributed by atoms with Crippen molar-refractivity contribution >= 4 is 13.3 Å². The first kappa shape index (κ1) is 14.8. The molecule has 3 heteroatoms. The van der Waals surface area contributed by atoms with Crippen LogP contribution in [-0.4, -0.2) is 27.8 Å². The van der Waals surface area contributed by atoms with Crippen LogP contribution in [0, 0.1) is 5.92 Å². The fourth-order valence-electron chi connectivity index (χ4n) is 2.47. The summed E-state index contributed by atoms with van der Waals surface area (Å²) in [4.78, 5) is 0. The van der Waals surface area contributed by atoms with E-state index in [4.69, 9.17) is 4.74 Å². The molecule has 1 aliphatic heterocycles. The van der Waals surface area contributed by atoms with E-state index in [1.807, 2.05) is 0 Å². The zero-order valence-corrected chi connectivity index (χ0v) is 13.5. The van der Waals surface area contributed by atoms with Crippen LogP contribution in [0.25, 0.3) is 0 Å². The number of benzene rings is 1. The predicted octanol–water partition coefficient (Wildman–Crippen LogP) is 2.75. The third-order valence-electron chi connectivity index (χ3n) is 3.90. The predicted molar refractivity (Wildman–Crippen MR) is 84.7 cm³/mol. The zero-order valence-electron chi connectivity index (χ0n) is 12.5. The Hall–Kier alpha value is -0.643. The molecule has 0 bridgehead atoms. The van der Waals surface area contributed by atoms with Crippen molar-refractivity contribution in [3.05, 3.63) is 29.8 Å². The number of hydrogen-bond donors (Lipinski definition) is 1. The summed E-state index contributed by atoms with van der Waals surface area (Å²) in [5.41, 5.74) is 1.39. The summed E-state index contributed by atoms with van der Waals surface area (Å²) in [6, 6.07) is 9.18. The van der Waals surface area contributed by atoms with Gasteiger partial charge in [-0.25, -0.2) is 0 Å². The Balaban J connectivity index is 1.71. The van der Waals surface area contributed by atoms with Gasteiger partial charge in [-0.1, -0.05) is 49.1 Å². The van der Waals surface area contributed by atoms with E-state index in [1.165, 1.54) is 18.4 Å². The average molecular weight is 277 g/mol. The lowest BCUT2D eigenvalue weighted by atomic mass is 10.1. The molecule has 0 aliphatic carbocycles. The van der Waals surface area contributed by atoms with Crippen LogP contribution in [0.2, 0.25) is 19.6 Å². The molecule has 0 saturated carbocycles. The number of rotatable bonds is 6. The molecular formula is C16H27NOSi. The first-order valence-corrected chi connectivity index (χ1v) is 10.9. The zero-order chi connectivity index (χ0) is 13.7. The molecule has 1 N–H and O–H groups in total. The van der Waals surface area contributed by atoms with Crippen molar-refractivity contribution in [1.82, 2.24) is 5.32 Å². The average Bonchev–Trinajstić information content (AvgIpc) is 2.87. The Morgan fingerprint density at radius 1 is 1.21 bits per heavy atom. The van der Waals surface area contributed by atoms with Crippen molar-refractivity contribution in [1.29, 1.82) is 0 Å². The van der Waals surface area contributed by atoms with Gasteiger partial charge in [0.15, 0.2) is 0 Å². The van der Waals surface area contributed by atoms with Crippen molar-refractivity contribution in [2.45, 2.75) is 39.0 Å². The summed E-state index contributed by atoms with van der Waals surface area (Å²) in [5.74, 6) is 0.779. The summed E-state index contributed by atoms with van der Waals surface area (Å²) in [5, 5.41) is 5.08. The van der Waals surface area contributed by atoms with E-state index >= 15 is 0 Å². The van der Waals surface area contributed by atoms with Gasteiger partial charge in [0.2, 0.25) is 0 Å². The highest BCUT2D eigenvalue weighted by Gasteiger charge is 2.16. The Kier molecular flexibility index (Phi) is 5.19. The van der Waals surface area contributed by atoms with Gasteiger partial charge in [0.1, 0.15) is 0 Å². The normalized spacial score (nSPS) is 19.8. The summed E-state index contributed by atoms with van der Waals surface area (Å²) in [6.45, 7) is 11.2. The molecule has 19 heavy (non-hydrogen) atoms. The lowest BCUT2D eigenvalue weighted by Gasteiger charge is -2.17. The maximum atomic E-state index is 5.39. The molecule has 1 saturated heterocycles. The van der Waals surface area contributed by atoms with Crippen LogP contribution in [0.5, 0.6) is 0 Å². The SMILES string of the molecule is C[Si](C)(C)c1ccc(CNCCC2CCOC2)cc1. The molecule has 2 rings (SSSR count). The van der Waals surface area contributed by atoms with Crippen molar-refractivity contribution in [2.24, 2.45) is 5.92 Å².